The summed E-state index contributed by atoms with van der Waals surface area (Å²) in [6.45, 7) is 5.96. The predicted octanol–water partition coefficient (Wildman–Crippen LogP) is 0.888. The third-order valence-electron chi connectivity index (χ3n) is 4.81. The fraction of sp³-hybridized carbons (Fsp3) is 0.750. The molecular weight excluding hydrogens is 342 g/mol. The molecule has 0 bridgehead atoms. The van der Waals surface area contributed by atoms with Crippen LogP contribution in [0.1, 0.15) is 31.9 Å². The van der Waals surface area contributed by atoms with E-state index in [-0.39, 0.29) is 5.75 Å². The van der Waals surface area contributed by atoms with Crippen molar-refractivity contribution in [2.24, 2.45) is 10.9 Å². The first-order valence-corrected chi connectivity index (χ1v) is 10.6. The maximum atomic E-state index is 12.5. The van der Waals surface area contributed by atoms with Gasteiger partial charge in [0.1, 0.15) is 12.0 Å². The van der Waals surface area contributed by atoms with Crippen LogP contribution in [0.3, 0.4) is 0 Å². The van der Waals surface area contributed by atoms with Gasteiger partial charge >= 0.3 is 0 Å². The SMILES string of the molecule is CCNC(=NCC1CCC1)N1CCN(S(=O)(=O)Cc2ccon2)CC1. The molecule has 1 N–H and O–H groups in total. The topological polar surface area (TPSA) is 91.0 Å². The van der Waals surface area contributed by atoms with Gasteiger partial charge in [0, 0.05) is 45.3 Å². The minimum atomic E-state index is -3.36. The summed E-state index contributed by atoms with van der Waals surface area (Å²) in [6.07, 6.45) is 5.26. The lowest BCUT2D eigenvalue weighted by Gasteiger charge is -2.36. The number of aromatic nitrogens is 1. The van der Waals surface area contributed by atoms with Gasteiger partial charge < -0.3 is 14.7 Å². The van der Waals surface area contributed by atoms with Gasteiger partial charge in [-0.15, -0.1) is 0 Å². The highest BCUT2D eigenvalue weighted by atomic mass is 32.2. The quantitative estimate of drug-likeness (QED) is 0.591. The molecule has 8 nitrogen and oxygen atoms in total. The van der Waals surface area contributed by atoms with Gasteiger partial charge in [-0.2, -0.15) is 4.31 Å². The minimum Gasteiger partial charge on any atom is -0.364 e. The van der Waals surface area contributed by atoms with Gasteiger partial charge in [0.2, 0.25) is 10.0 Å². The van der Waals surface area contributed by atoms with Crippen molar-refractivity contribution in [2.75, 3.05) is 39.3 Å². The predicted molar refractivity (Wildman–Crippen MR) is 95.6 cm³/mol. The number of guanidine groups is 1. The van der Waals surface area contributed by atoms with Gasteiger partial charge in [-0.3, -0.25) is 4.99 Å². The van der Waals surface area contributed by atoms with Crippen molar-refractivity contribution in [3.05, 3.63) is 18.0 Å². The van der Waals surface area contributed by atoms with Gasteiger partial charge in [-0.1, -0.05) is 11.6 Å². The Morgan fingerprint density at radius 2 is 2.12 bits per heavy atom. The maximum Gasteiger partial charge on any atom is 0.220 e. The molecule has 9 heteroatoms. The van der Waals surface area contributed by atoms with E-state index in [1.165, 1.54) is 29.8 Å². The molecule has 140 valence electrons. The van der Waals surface area contributed by atoms with E-state index in [0.29, 0.717) is 31.9 Å². The van der Waals surface area contributed by atoms with Crippen molar-refractivity contribution in [1.29, 1.82) is 0 Å². The van der Waals surface area contributed by atoms with Gasteiger partial charge in [0.05, 0.1) is 5.69 Å². The average molecular weight is 369 g/mol. The fourth-order valence-electron chi connectivity index (χ4n) is 3.08. The van der Waals surface area contributed by atoms with Crippen LogP contribution in [0.15, 0.2) is 21.8 Å². The van der Waals surface area contributed by atoms with E-state index < -0.39 is 10.0 Å². The normalized spacial score (nSPS) is 20.5. The molecule has 1 aromatic heterocycles. The standard InChI is InChI=1S/C16H27N5O3S/c1-2-17-16(18-12-14-4-3-5-14)20-7-9-21(10-8-20)25(22,23)13-15-6-11-24-19-15/h6,11,14H,2-5,7-10,12-13H2,1H3,(H,17,18). The summed E-state index contributed by atoms with van der Waals surface area (Å²) < 4.78 is 31.2. The van der Waals surface area contributed by atoms with Crippen LogP contribution in [0.4, 0.5) is 0 Å². The van der Waals surface area contributed by atoms with Crippen LogP contribution in [-0.4, -0.2) is 68.0 Å². The van der Waals surface area contributed by atoms with Crippen LogP contribution in [0.25, 0.3) is 0 Å². The Labute approximate surface area is 149 Å². The molecule has 0 amide bonds. The van der Waals surface area contributed by atoms with Crippen molar-refractivity contribution in [2.45, 2.75) is 31.9 Å². The molecule has 25 heavy (non-hydrogen) atoms. The summed E-state index contributed by atoms with van der Waals surface area (Å²) >= 11 is 0. The first kappa shape index (κ1) is 18.2. The largest absolute Gasteiger partial charge is 0.364 e. The van der Waals surface area contributed by atoms with Crippen LogP contribution in [-0.2, 0) is 15.8 Å². The molecule has 2 fully saturated rings. The molecule has 0 radical (unpaired) electrons. The Hall–Kier alpha value is -1.61. The first-order valence-electron chi connectivity index (χ1n) is 8.99. The maximum absolute atomic E-state index is 12.5. The van der Waals surface area contributed by atoms with Crippen molar-refractivity contribution in [3.63, 3.8) is 0 Å². The van der Waals surface area contributed by atoms with E-state index in [4.69, 9.17) is 9.52 Å². The number of hydrogen-bond donors (Lipinski definition) is 1. The zero-order chi connectivity index (χ0) is 17.7. The smallest absolute Gasteiger partial charge is 0.220 e. The monoisotopic (exact) mass is 369 g/mol. The molecule has 1 aliphatic carbocycles. The van der Waals surface area contributed by atoms with Crippen molar-refractivity contribution in [1.82, 2.24) is 19.7 Å². The van der Waals surface area contributed by atoms with Crippen molar-refractivity contribution < 1.29 is 12.9 Å². The summed E-state index contributed by atoms with van der Waals surface area (Å²) in [4.78, 5) is 6.91. The van der Waals surface area contributed by atoms with E-state index in [1.807, 2.05) is 0 Å². The van der Waals surface area contributed by atoms with Crippen LogP contribution in [0.5, 0.6) is 0 Å². The molecule has 2 heterocycles. The molecule has 1 saturated heterocycles. The van der Waals surface area contributed by atoms with E-state index in [0.717, 1.165) is 25.0 Å². The Bertz CT molecular complexity index is 662. The van der Waals surface area contributed by atoms with Crippen LogP contribution in [0.2, 0.25) is 0 Å². The summed E-state index contributed by atoms with van der Waals surface area (Å²) in [5, 5.41) is 7.03. The van der Waals surface area contributed by atoms with Gasteiger partial charge in [0.15, 0.2) is 5.96 Å². The lowest BCUT2D eigenvalue weighted by Crippen LogP contribution is -2.54. The molecular formula is C16H27N5O3S. The van der Waals surface area contributed by atoms with E-state index in [1.54, 1.807) is 6.07 Å². The Balaban J connectivity index is 1.55. The van der Waals surface area contributed by atoms with Gasteiger partial charge in [-0.05, 0) is 25.7 Å². The second-order valence-corrected chi connectivity index (χ2v) is 8.59. The lowest BCUT2D eigenvalue weighted by molar-refractivity contribution is 0.258. The number of aliphatic imine (C=N–C) groups is 1. The first-order chi connectivity index (χ1) is 12.1. The van der Waals surface area contributed by atoms with Gasteiger partial charge in [0.25, 0.3) is 0 Å². The summed E-state index contributed by atoms with van der Waals surface area (Å²) in [5.74, 6) is 1.51. The number of piperazine rings is 1. The summed E-state index contributed by atoms with van der Waals surface area (Å²) in [5.41, 5.74) is 0.442. The summed E-state index contributed by atoms with van der Waals surface area (Å²) in [6, 6.07) is 1.59. The highest BCUT2D eigenvalue weighted by Crippen LogP contribution is 2.26. The Morgan fingerprint density at radius 3 is 2.68 bits per heavy atom. The highest BCUT2D eigenvalue weighted by molar-refractivity contribution is 7.88. The Kier molecular flexibility index (Phi) is 5.95. The highest BCUT2D eigenvalue weighted by Gasteiger charge is 2.29. The van der Waals surface area contributed by atoms with E-state index >= 15 is 0 Å². The molecule has 1 saturated carbocycles. The molecule has 0 spiro atoms. The molecule has 2 aliphatic rings. The number of hydrogen-bond acceptors (Lipinski definition) is 5. The third-order valence-corrected chi connectivity index (χ3v) is 6.62. The van der Waals surface area contributed by atoms with E-state index in [9.17, 15) is 8.42 Å². The van der Waals surface area contributed by atoms with Crippen molar-refractivity contribution in [3.8, 4) is 0 Å². The number of nitrogens with one attached hydrogen (secondary N) is 1. The molecule has 3 rings (SSSR count). The zero-order valence-corrected chi connectivity index (χ0v) is 15.5. The van der Waals surface area contributed by atoms with E-state index in [2.05, 4.69) is 22.3 Å². The fourth-order valence-corrected chi connectivity index (χ4v) is 4.51. The second-order valence-electron chi connectivity index (χ2n) is 6.62. The molecule has 0 unspecified atom stereocenters. The second kappa shape index (κ2) is 8.18. The number of nitrogens with zero attached hydrogens (tertiary/aromatic N) is 4. The zero-order valence-electron chi connectivity index (χ0n) is 14.7. The Morgan fingerprint density at radius 1 is 1.36 bits per heavy atom. The summed E-state index contributed by atoms with van der Waals surface area (Å²) in [7, 11) is -3.36. The third kappa shape index (κ3) is 4.72. The van der Waals surface area contributed by atoms with Crippen LogP contribution >= 0.6 is 0 Å². The number of rotatable bonds is 6. The van der Waals surface area contributed by atoms with Crippen LogP contribution in [0, 0.1) is 5.92 Å². The van der Waals surface area contributed by atoms with Gasteiger partial charge in [-0.25, -0.2) is 8.42 Å². The molecule has 1 aliphatic heterocycles. The number of sulfonamides is 1. The molecule has 0 atom stereocenters. The van der Waals surface area contributed by atoms with Crippen LogP contribution < -0.4 is 5.32 Å². The van der Waals surface area contributed by atoms with Crippen molar-refractivity contribution >= 4 is 16.0 Å². The average Bonchev–Trinajstić information content (AvgIpc) is 3.05. The lowest BCUT2D eigenvalue weighted by atomic mass is 9.86. The minimum absolute atomic E-state index is 0.112. The molecule has 0 aromatic carbocycles. The molecule has 1 aromatic rings.